The molecule has 0 bridgehead atoms. The predicted molar refractivity (Wildman–Crippen MR) is 71.1 cm³/mol. The van der Waals surface area contributed by atoms with E-state index in [0.717, 1.165) is 0 Å². The molecule has 0 radical (unpaired) electrons. The van der Waals surface area contributed by atoms with Crippen LogP contribution in [0.2, 0.25) is 0 Å². The van der Waals surface area contributed by atoms with Gasteiger partial charge in [0, 0.05) is 18.4 Å². The first kappa shape index (κ1) is 13.7. The number of amides is 1. The van der Waals surface area contributed by atoms with Crippen molar-refractivity contribution in [3.05, 3.63) is 52.2 Å². The third kappa shape index (κ3) is 3.91. The minimum absolute atomic E-state index is 0.0751. The highest BCUT2D eigenvalue weighted by Crippen LogP contribution is 2.04. The zero-order valence-corrected chi connectivity index (χ0v) is 10.7. The Bertz CT molecular complexity index is 645. The molecular weight excluding hydrogens is 260 g/mol. The van der Waals surface area contributed by atoms with Crippen molar-refractivity contribution in [3.63, 3.8) is 0 Å². The molecule has 0 unspecified atom stereocenters. The predicted octanol–water partition coefficient (Wildman–Crippen LogP) is 0.377. The third-order valence-corrected chi connectivity index (χ3v) is 2.68. The second kappa shape index (κ2) is 6.46. The van der Waals surface area contributed by atoms with Crippen LogP contribution in [0.15, 0.2) is 35.1 Å². The number of carbonyl (C=O) groups excluding carboxylic acids is 2. The number of hydrogen-bond acceptors (Lipinski definition) is 4. The third-order valence-electron chi connectivity index (χ3n) is 2.68. The number of carbonyl (C=O) groups is 2. The lowest BCUT2D eigenvalue weighted by molar-refractivity contribution is -0.121. The Labute approximate surface area is 114 Å². The van der Waals surface area contributed by atoms with Crippen LogP contribution in [-0.4, -0.2) is 26.9 Å². The van der Waals surface area contributed by atoms with Crippen LogP contribution in [0.1, 0.15) is 29.0 Å². The van der Waals surface area contributed by atoms with Gasteiger partial charge < -0.3 is 5.32 Å². The number of aromatic amines is 2. The van der Waals surface area contributed by atoms with Crippen LogP contribution in [0.3, 0.4) is 0 Å². The van der Waals surface area contributed by atoms with Gasteiger partial charge in [0.2, 0.25) is 5.91 Å². The first-order valence-electron chi connectivity index (χ1n) is 6.13. The van der Waals surface area contributed by atoms with Gasteiger partial charge in [0.25, 0.3) is 0 Å². The number of Topliss-reactive ketones (excluding diaryl/α,β-unsaturated/α-hetero) is 1. The van der Waals surface area contributed by atoms with Crippen molar-refractivity contribution in [3.8, 4) is 0 Å². The van der Waals surface area contributed by atoms with Crippen molar-refractivity contribution in [1.29, 1.82) is 0 Å². The van der Waals surface area contributed by atoms with Gasteiger partial charge in [0.05, 0.1) is 6.54 Å². The van der Waals surface area contributed by atoms with Gasteiger partial charge in [-0.2, -0.15) is 5.10 Å². The van der Waals surface area contributed by atoms with Crippen molar-refractivity contribution in [2.45, 2.75) is 19.4 Å². The SMILES string of the molecule is O=C(CCC(=O)c1ccccc1)NCc1n[nH]c(=O)[nH]1. The Morgan fingerprint density at radius 1 is 1.15 bits per heavy atom. The van der Waals surface area contributed by atoms with Gasteiger partial charge in [-0.25, -0.2) is 9.89 Å². The maximum Gasteiger partial charge on any atom is 0.340 e. The highest BCUT2D eigenvalue weighted by Gasteiger charge is 2.09. The quantitative estimate of drug-likeness (QED) is 0.661. The fourth-order valence-electron chi connectivity index (χ4n) is 1.66. The lowest BCUT2D eigenvalue weighted by Gasteiger charge is -2.03. The molecule has 0 atom stereocenters. The summed E-state index contributed by atoms with van der Waals surface area (Å²) in [5, 5.41) is 8.43. The van der Waals surface area contributed by atoms with Crippen molar-refractivity contribution in [2.24, 2.45) is 0 Å². The molecule has 0 aliphatic carbocycles. The zero-order valence-electron chi connectivity index (χ0n) is 10.7. The molecule has 7 nitrogen and oxygen atoms in total. The fourth-order valence-corrected chi connectivity index (χ4v) is 1.66. The second-order valence-corrected chi connectivity index (χ2v) is 4.19. The lowest BCUT2D eigenvalue weighted by atomic mass is 10.1. The average Bonchev–Trinajstić information content (AvgIpc) is 2.89. The van der Waals surface area contributed by atoms with Gasteiger partial charge in [-0.3, -0.25) is 14.6 Å². The summed E-state index contributed by atoms with van der Waals surface area (Å²) in [6.45, 7) is 0.122. The fraction of sp³-hybridized carbons (Fsp3) is 0.231. The maximum atomic E-state index is 11.8. The molecule has 2 aromatic rings. The van der Waals surface area contributed by atoms with Gasteiger partial charge in [-0.1, -0.05) is 30.3 Å². The number of benzene rings is 1. The number of aromatic nitrogens is 3. The van der Waals surface area contributed by atoms with Crippen molar-refractivity contribution >= 4 is 11.7 Å². The summed E-state index contributed by atoms with van der Waals surface area (Å²) in [4.78, 5) is 36.5. The number of hydrogen-bond donors (Lipinski definition) is 3. The van der Waals surface area contributed by atoms with Crippen LogP contribution >= 0.6 is 0 Å². The van der Waals surface area contributed by atoms with Crippen LogP contribution in [0.4, 0.5) is 0 Å². The van der Waals surface area contributed by atoms with Gasteiger partial charge in [-0.15, -0.1) is 0 Å². The van der Waals surface area contributed by atoms with E-state index in [4.69, 9.17) is 0 Å². The molecule has 0 aliphatic heterocycles. The molecule has 0 saturated heterocycles. The van der Waals surface area contributed by atoms with Crippen LogP contribution < -0.4 is 11.0 Å². The smallest absolute Gasteiger partial charge is 0.340 e. The van der Waals surface area contributed by atoms with Gasteiger partial charge in [0.15, 0.2) is 5.78 Å². The van der Waals surface area contributed by atoms with Crippen molar-refractivity contribution in [2.75, 3.05) is 0 Å². The van der Waals surface area contributed by atoms with E-state index in [1.165, 1.54) is 0 Å². The van der Waals surface area contributed by atoms with Gasteiger partial charge in [0.1, 0.15) is 5.82 Å². The lowest BCUT2D eigenvalue weighted by Crippen LogP contribution is -2.24. The molecule has 3 N–H and O–H groups in total. The molecule has 7 heteroatoms. The topological polar surface area (TPSA) is 108 Å². The van der Waals surface area contributed by atoms with E-state index in [0.29, 0.717) is 11.4 Å². The Morgan fingerprint density at radius 3 is 2.55 bits per heavy atom. The molecule has 1 heterocycles. The molecule has 0 fully saturated rings. The summed E-state index contributed by atoms with van der Waals surface area (Å²) in [7, 11) is 0. The molecule has 0 aliphatic rings. The monoisotopic (exact) mass is 274 g/mol. The zero-order chi connectivity index (χ0) is 14.4. The van der Waals surface area contributed by atoms with E-state index < -0.39 is 5.69 Å². The van der Waals surface area contributed by atoms with Crippen LogP contribution in [0, 0.1) is 0 Å². The van der Waals surface area contributed by atoms with Crippen LogP contribution in [0.5, 0.6) is 0 Å². The van der Waals surface area contributed by atoms with E-state index in [-0.39, 0.29) is 31.1 Å². The molecule has 20 heavy (non-hydrogen) atoms. The largest absolute Gasteiger partial charge is 0.349 e. The average molecular weight is 274 g/mol. The second-order valence-electron chi connectivity index (χ2n) is 4.19. The van der Waals surface area contributed by atoms with Gasteiger partial charge >= 0.3 is 5.69 Å². The number of nitrogens with one attached hydrogen (secondary N) is 3. The molecule has 1 aromatic heterocycles. The Morgan fingerprint density at radius 2 is 1.90 bits per heavy atom. The summed E-state index contributed by atoms with van der Waals surface area (Å²) in [5.41, 5.74) is 0.172. The van der Waals surface area contributed by atoms with Crippen LogP contribution in [0.25, 0.3) is 0 Å². The first-order chi connectivity index (χ1) is 9.65. The highest BCUT2D eigenvalue weighted by atomic mass is 16.2. The highest BCUT2D eigenvalue weighted by molar-refractivity contribution is 5.97. The normalized spacial score (nSPS) is 10.2. The minimum Gasteiger partial charge on any atom is -0.349 e. The molecule has 104 valence electrons. The Hall–Kier alpha value is -2.70. The van der Waals surface area contributed by atoms with E-state index in [1.807, 2.05) is 6.07 Å². The number of ketones is 1. The van der Waals surface area contributed by atoms with Crippen molar-refractivity contribution < 1.29 is 9.59 Å². The molecule has 2 rings (SSSR count). The van der Waals surface area contributed by atoms with Gasteiger partial charge in [-0.05, 0) is 0 Å². The Balaban J connectivity index is 1.75. The molecule has 0 spiro atoms. The van der Waals surface area contributed by atoms with Crippen LogP contribution in [-0.2, 0) is 11.3 Å². The van der Waals surface area contributed by atoms with Crippen molar-refractivity contribution in [1.82, 2.24) is 20.5 Å². The number of nitrogens with zero attached hydrogens (tertiary/aromatic N) is 1. The first-order valence-corrected chi connectivity index (χ1v) is 6.13. The van der Waals surface area contributed by atoms with E-state index in [1.54, 1.807) is 24.3 Å². The maximum absolute atomic E-state index is 11.8. The van der Waals surface area contributed by atoms with E-state index >= 15 is 0 Å². The number of H-pyrrole nitrogens is 2. The standard InChI is InChI=1S/C13H14N4O3/c18-10(9-4-2-1-3-5-9)6-7-12(19)14-8-11-15-13(20)17-16-11/h1-5H,6-8H2,(H,14,19)(H2,15,16,17,20). The summed E-state index contributed by atoms with van der Waals surface area (Å²) in [6.07, 6.45) is 0.245. The minimum atomic E-state index is -0.423. The molecule has 1 aromatic carbocycles. The van der Waals surface area contributed by atoms with E-state index in [9.17, 15) is 14.4 Å². The Kier molecular flexibility index (Phi) is 4.43. The van der Waals surface area contributed by atoms with E-state index in [2.05, 4.69) is 20.5 Å². The number of rotatable bonds is 6. The molecular formula is C13H14N4O3. The summed E-state index contributed by atoms with van der Waals surface area (Å²) < 4.78 is 0. The summed E-state index contributed by atoms with van der Waals surface area (Å²) in [6, 6.07) is 8.82. The molecule has 0 saturated carbocycles. The molecule has 1 amide bonds. The summed E-state index contributed by atoms with van der Waals surface area (Å²) in [5.74, 6) is 0.00444. The summed E-state index contributed by atoms with van der Waals surface area (Å²) >= 11 is 0.